The van der Waals surface area contributed by atoms with E-state index >= 15 is 0 Å². The molecule has 0 aromatic carbocycles. The van der Waals surface area contributed by atoms with Gasteiger partial charge in [0.05, 0.1) is 6.54 Å². The average Bonchev–Trinajstić information content (AvgIpc) is 2.90. The Hall–Kier alpha value is -2.34. The molecule has 0 saturated heterocycles. The lowest BCUT2D eigenvalue weighted by Gasteiger charge is -2.08. The molecule has 0 spiro atoms. The number of nitrogens with one attached hydrogen (secondary N) is 2. The summed E-state index contributed by atoms with van der Waals surface area (Å²) in [6, 6.07) is 7.12. The minimum atomic E-state index is -0.180. The first-order chi connectivity index (χ1) is 10.1. The van der Waals surface area contributed by atoms with Gasteiger partial charge in [0.1, 0.15) is 17.3 Å². The Balaban J connectivity index is 2.08. The SMILES string of the molecule is CCCc1cc(C(=O)NCc2ccc(C)o2)cc(NN)n1. The number of hydrogen-bond acceptors (Lipinski definition) is 5. The van der Waals surface area contributed by atoms with Crippen LogP contribution >= 0.6 is 0 Å². The molecule has 0 bridgehead atoms. The zero-order valence-corrected chi connectivity index (χ0v) is 12.3. The van der Waals surface area contributed by atoms with Gasteiger partial charge in [-0.15, -0.1) is 0 Å². The third kappa shape index (κ3) is 4.06. The van der Waals surface area contributed by atoms with Crippen LogP contribution in [0.1, 0.15) is 40.9 Å². The molecule has 2 aromatic heterocycles. The second kappa shape index (κ2) is 6.90. The molecule has 2 heterocycles. The van der Waals surface area contributed by atoms with Gasteiger partial charge in [-0.25, -0.2) is 10.8 Å². The van der Waals surface area contributed by atoms with E-state index in [2.05, 4.69) is 22.7 Å². The van der Waals surface area contributed by atoms with Crippen LogP contribution in [0.5, 0.6) is 0 Å². The molecule has 0 atom stereocenters. The number of carbonyl (C=O) groups is 1. The number of rotatable bonds is 6. The highest BCUT2D eigenvalue weighted by molar-refractivity contribution is 5.94. The molecule has 1 amide bonds. The smallest absolute Gasteiger partial charge is 0.251 e. The van der Waals surface area contributed by atoms with E-state index in [0.29, 0.717) is 17.9 Å². The Morgan fingerprint density at radius 3 is 2.81 bits per heavy atom. The fourth-order valence-electron chi connectivity index (χ4n) is 2.03. The third-order valence-corrected chi connectivity index (χ3v) is 3.01. The molecule has 0 fully saturated rings. The number of pyridine rings is 1. The highest BCUT2D eigenvalue weighted by atomic mass is 16.3. The van der Waals surface area contributed by atoms with Crippen molar-refractivity contribution in [3.05, 3.63) is 47.0 Å². The van der Waals surface area contributed by atoms with Gasteiger partial charge in [-0.2, -0.15) is 0 Å². The lowest BCUT2D eigenvalue weighted by molar-refractivity contribution is 0.0947. The Morgan fingerprint density at radius 2 is 2.19 bits per heavy atom. The normalized spacial score (nSPS) is 10.4. The van der Waals surface area contributed by atoms with Crippen molar-refractivity contribution in [1.29, 1.82) is 0 Å². The van der Waals surface area contributed by atoms with E-state index in [1.165, 1.54) is 0 Å². The van der Waals surface area contributed by atoms with E-state index in [1.807, 2.05) is 19.1 Å². The first-order valence-corrected chi connectivity index (χ1v) is 6.93. The number of aromatic nitrogens is 1. The minimum Gasteiger partial charge on any atom is -0.465 e. The molecule has 2 aromatic rings. The quantitative estimate of drug-likeness (QED) is 0.559. The van der Waals surface area contributed by atoms with Crippen LogP contribution < -0.4 is 16.6 Å². The van der Waals surface area contributed by atoms with Gasteiger partial charge < -0.3 is 15.2 Å². The maximum atomic E-state index is 12.2. The zero-order valence-electron chi connectivity index (χ0n) is 12.3. The number of hydrazine groups is 1. The van der Waals surface area contributed by atoms with E-state index in [0.717, 1.165) is 30.1 Å². The number of nitrogen functional groups attached to an aromatic ring is 1. The molecule has 6 heteroatoms. The predicted molar refractivity (Wildman–Crippen MR) is 80.7 cm³/mol. The van der Waals surface area contributed by atoms with Crippen molar-refractivity contribution in [3.8, 4) is 0 Å². The third-order valence-electron chi connectivity index (χ3n) is 3.01. The molecule has 0 aliphatic heterocycles. The van der Waals surface area contributed by atoms with Crippen LogP contribution in [-0.2, 0) is 13.0 Å². The van der Waals surface area contributed by atoms with Gasteiger partial charge in [0, 0.05) is 11.3 Å². The average molecular weight is 288 g/mol. The van der Waals surface area contributed by atoms with Crippen LogP contribution in [-0.4, -0.2) is 10.9 Å². The summed E-state index contributed by atoms with van der Waals surface area (Å²) < 4.78 is 5.42. The van der Waals surface area contributed by atoms with E-state index in [-0.39, 0.29) is 5.91 Å². The first-order valence-electron chi connectivity index (χ1n) is 6.93. The van der Waals surface area contributed by atoms with Crippen molar-refractivity contribution in [1.82, 2.24) is 10.3 Å². The van der Waals surface area contributed by atoms with Crippen LogP contribution in [0.4, 0.5) is 5.82 Å². The van der Waals surface area contributed by atoms with E-state index < -0.39 is 0 Å². The summed E-state index contributed by atoms with van der Waals surface area (Å²) in [7, 11) is 0. The Bertz CT molecular complexity index is 622. The van der Waals surface area contributed by atoms with Crippen LogP contribution in [0, 0.1) is 6.92 Å². The van der Waals surface area contributed by atoms with Crippen molar-refractivity contribution >= 4 is 11.7 Å². The molecule has 112 valence electrons. The second-order valence-electron chi connectivity index (χ2n) is 4.82. The molecule has 0 unspecified atom stereocenters. The monoisotopic (exact) mass is 288 g/mol. The number of amides is 1. The molecular weight excluding hydrogens is 268 g/mol. The van der Waals surface area contributed by atoms with Gasteiger partial charge >= 0.3 is 0 Å². The molecular formula is C15H20N4O2. The molecule has 0 aliphatic rings. The second-order valence-corrected chi connectivity index (χ2v) is 4.82. The van der Waals surface area contributed by atoms with Crippen molar-refractivity contribution in [3.63, 3.8) is 0 Å². The van der Waals surface area contributed by atoms with Crippen LogP contribution in [0.15, 0.2) is 28.7 Å². The van der Waals surface area contributed by atoms with Gasteiger partial charge in [-0.3, -0.25) is 4.79 Å². The fourth-order valence-corrected chi connectivity index (χ4v) is 2.03. The summed E-state index contributed by atoms with van der Waals surface area (Å²) in [5.74, 6) is 7.24. The van der Waals surface area contributed by atoms with Crippen molar-refractivity contribution in [2.75, 3.05) is 5.43 Å². The standard InChI is InChI=1S/C15H20N4O2/c1-3-4-12-7-11(8-14(18-12)19-16)15(20)17-9-13-6-5-10(2)21-13/h5-8H,3-4,9,16H2,1-2H3,(H,17,20)(H,18,19). The summed E-state index contributed by atoms with van der Waals surface area (Å²) in [5, 5.41) is 2.82. The minimum absolute atomic E-state index is 0.180. The van der Waals surface area contributed by atoms with Crippen molar-refractivity contribution in [2.45, 2.75) is 33.2 Å². The van der Waals surface area contributed by atoms with Crippen LogP contribution in [0.25, 0.3) is 0 Å². The Kier molecular flexibility index (Phi) is 4.94. The highest BCUT2D eigenvalue weighted by Crippen LogP contribution is 2.12. The Labute approximate surface area is 123 Å². The van der Waals surface area contributed by atoms with Gasteiger partial charge in [-0.05, 0) is 37.6 Å². The summed E-state index contributed by atoms with van der Waals surface area (Å²) >= 11 is 0. The first kappa shape index (κ1) is 15.1. The van der Waals surface area contributed by atoms with Gasteiger partial charge in [0.15, 0.2) is 0 Å². The maximum Gasteiger partial charge on any atom is 0.251 e. The van der Waals surface area contributed by atoms with E-state index in [1.54, 1.807) is 12.1 Å². The number of nitrogens with two attached hydrogens (primary N) is 1. The number of furan rings is 1. The zero-order chi connectivity index (χ0) is 15.2. The molecule has 2 rings (SSSR count). The number of carbonyl (C=O) groups excluding carboxylic acids is 1. The lowest BCUT2D eigenvalue weighted by atomic mass is 10.1. The largest absolute Gasteiger partial charge is 0.465 e. The molecule has 0 radical (unpaired) electrons. The summed E-state index contributed by atoms with van der Waals surface area (Å²) in [6.07, 6.45) is 1.75. The predicted octanol–water partition coefficient (Wildman–Crippen LogP) is 2.15. The Morgan fingerprint density at radius 1 is 1.38 bits per heavy atom. The lowest BCUT2D eigenvalue weighted by Crippen LogP contribution is -2.23. The van der Waals surface area contributed by atoms with E-state index in [9.17, 15) is 4.79 Å². The topological polar surface area (TPSA) is 93.2 Å². The van der Waals surface area contributed by atoms with Crippen molar-refractivity contribution in [2.24, 2.45) is 5.84 Å². The number of aryl methyl sites for hydroxylation is 2. The summed E-state index contributed by atoms with van der Waals surface area (Å²) in [5.41, 5.74) is 3.86. The molecule has 4 N–H and O–H groups in total. The number of hydrogen-bond donors (Lipinski definition) is 3. The van der Waals surface area contributed by atoms with Crippen molar-refractivity contribution < 1.29 is 9.21 Å². The van der Waals surface area contributed by atoms with Crippen LogP contribution in [0.2, 0.25) is 0 Å². The fraction of sp³-hybridized carbons (Fsp3) is 0.333. The van der Waals surface area contributed by atoms with Gasteiger partial charge in [-0.1, -0.05) is 13.3 Å². The molecule has 0 saturated carbocycles. The number of nitrogens with zero attached hydrogens (tertiary/aromatic N) is 1. The summed E-state index contributed by atoms with van der Waals surface area (Å²) in [6.45, 7) is 4.27. The van der Waals surface area contributed by atoms with Crippen LogP contribution in [0.3, 0.4) is 0 Å². The maximum absolute atomic E-state index is 12.2. The van der Waals surface area contributed by atoms with E-state index in [4.69, 9.17) is 10.3 Å². The number of anilines is 1. The molecule has 6 nitrogen and oxygen atoms in total. The molecule has 21 heavy (non-hydrogen) atoms. The summed E-state index contributed by atoms with van der Waals surface area (Å²) in [4.78, 5) is 16.5. The highest BCUT2D eigenvalue weighted by Gasteiger charge is 2.10. The van der Waals surface area contributed by atoms with Gasteiger partial charge in [0.25, 0.3) is 5.91 Å². The molecule has 0 aliphatic carbocycles. The van der Waals surface area contributed by atoms with Gasteiger partial charge in [0.2, 0.25) is 0 Å².